The molecule has 0 aliphatic heterocycles. The van der Waals surface area contributed by atoms with Crippen LogP contribution in [0.25, 0.3) is 27.5 Å². The van der Waals surface area contributed by atoms with Gasteiger partial charge < -0.3 is 15.5 Å². The van der Waals surface area contributed by atoms with Crippen LogP contribution in [0, 0.1) is 0 Å². The van der Waals surface area contributed by atoms with Crippen molar-refractivity contribution in [3.63, 3.8) is 0 Å². The first-order chi connectivity index (χ1) is 14.8. The third kappa shape index (κ3) is 3.35. The number of benzene rings is 1. The lowest BCUT2D eigenvalue weighted by Gasteiger charge is -2.16. The van der Waals surface area contributed by atoms with E-state index in [0.717, 1.165) is 11.1 Å². The zero-order valence-electron chi connectivity index (χ0n) is 17.8. The summed E-state index contributed by atoms with van der Waals surface area (Å²) in [4.78, 5) is 36.9. The fourth-order valence-electron chi connectivity index (χ4n) is 4.00. The number of hydrogen-bond donors (Lipinski definition) is 2. The van der Waals surface area contributed by atoms with Gasteiger partial charge in [-0.3, -0.25) is 19.3 Å². The van der Waals surface area contributed by atoms with Crippen molar-refractivity contribution in [2.24, 2.45) is 5.73 Å². The number of imidazole rings is 1. The van der Waals surface area contributed by atoms with Crippen molar-refractivity contribution in [2.75, 3.05) is 7.11 Å². The second-order valence-electron chi connectivity index (χ2n) is 7.44. The highest BCUT2D eigenvalue weighted by molar-refractivity contribution is 6.22. The fraction of sp³-hybridized carbons (Fsp3) is 0.217. The number of H-pyrrole nitrogens is 1. The molecule has 1 atom stereocenters. The summed E-state index contributed by atoms with van der Waals surface area (Å²) < 4.78 is 7.26. The number of pyridine rings is 2. The first kappa shape index (κ1) is 20.3. The SMILES string of the molecule is COc1cc2c(cc1C(C(C)=O)=C(C)N)ncc1[nH]c(=O)n([C@H](C)c3ccccn3)c12. The van der Waals surface area contributed by atoms with Gasteiger partial charge >= 0.3 is 5.69 Å². The number of nitrogens with two attached hydrogens (primary N) is 1. The van der Waals surface area contributed by atoms with E-state index in [9.17, 15) is 9.59 Å². The van der Waals surface area contributed by atoms with Crippen molar-refractivity contribution in [2.45, 2.75) is 26.8 Å². The van der Waals surface area contributed by atoms with Gasteiger partial charge in [0.25, 0.3) is 0 Å². The minimum absolute atomic E-state index is 0.166. The lowest BCUT2D eigenvalue weighted by molar-refractivity contribution is -0.111. The molecule has 0 spiro atoms. The molecular formula is C23H23N5O3. The van der Waals surface area contributed by atoms with E-state index >= 15 is 0 Å². The van der Waals surface area contributed by atoms with E-state index < -0.39 is 0 Å². The van der Waals surface area contributed by atoms with Crippen LogP contribution in [-0.4, -0.2) is 32.4 Å². The highest BCUT2D eigenvalue weighted by Gasteiger charge is 2.21. The van der Waals surface area contributed by atoms with Crippen LogP contribution in [0.1, 0.15) is 38.1 Å². The Labute approximate surface area is 178 Å². The summed E-state index contributed by atoms with van der Waals surface area (Å²) in [7, 11) is 1.53. The van der Waals surface area contributed by atoms with Crippen molar-refractivity contribution >= 4 is 33.3 Å². The Balaban J connectivity index is 2.06. The number of carbonyl (C=O) groups excluding carboxylic acids is 1. The van der Waals surface area contributed by atoms with E-state index in [2.05, 4.69) is 15.0 Å². The summed E-state index contributed by atoms with van der Waals surface area (Å²) in [6.45, 7) is 5.06. The minimum Gasteiger partial charge on any atom is -0.496 e. The number of Topliss-reactive ketones (excluding diaryl/α,β-unsaturated/α-hetero) is 1. The second kappa shape index (κ2) is 7.71. The number of fused-ring (bicyclic) bond motifs is 3. The smallest absolute Gasteiger partial charge is 0.327 e. The number of methoxy groups -OCH3 is 1. The first-order valence-corrected chi connectivity index (χ1v) is 9.83. The largest absolute Gasteiger partial charge is 0.496 e. The van der Waals surface area contributed by atoms with Crippen molar-refractivity contribution in [3.8, 4) is 5.75 Å². The summed E-state index contributed by atoms with van der Waals surface area (Å²) in [6, 6.07) is 8.86. The predicted molar refractivity (Wildman–Crippen MR) is 120 cm³/mol. The normalized spacial score (nSPS) is 13.3. The van der Waals surface area contributed by atoms with Crippen LogP contribution in [0.15, 0.2) is 53.2 Å². The molecule has 3 aromatic heterocycles. The van der Waals surface area contributed by atoms with Gasteiger partial charge in [-0.25, -0.2) is 4.79 Å². The maximum Gasteiger partial charge on any atom is 0.327 e. The summed E-state index contributed by atoms with van der Waals surface area (Å²) >= 11 is 0. The predicted octanol–water partition coefficient (Wildman–Crippen LogP) is 3.17. The molecule has 0 saturated carbocycles. The van der Waals surface area contributed by atoms with Crippen LogP contribution >= 0.6 is 0 Å². The number of hydrogen-bond acceptors (Lipinski definition) is 6. The summed E-state index contributed by atoms with van der Waals surface area (Å²) in [5.74, 6) is 0.309. The molecule has 4 rings (SSSR count). The zero-order chi connectivity index (χ0) is 22.3. The van der Waals surface area contributed by atoms with Crippen LogP contribution in [0.5, 0.6) is 5.75 Å². The van der Waals surface area contributed by atoms with Crippen molar-refractivity contribution in [1.82, 2.24) is 19.5 Å². The Bertz CT molecular complexity index is 1400. The monoisotopic (exact) mass is 417 g/mol. The summed E-state index contributed by atoms with van der Waals surface area (Å²) in [5.41, 5.74) is 9.75. The third-order valence-corrected chi connectivity index (χ3v) is 5.38. The zero-order valence-corrected chi connectivity index (χ0v) is 17.8. The number of ether oxygens (including phenoxy) is 1. The van der Waals surface area contributed by atoms with E-state index in [1.165, 1.54) is 14.0 Å². The molecule has 8 nitrogen and oxygen atoms in total. The molecule has 3 N–H and O–H groups in total. The molecule has 0 aliphatic rings. The van der Waals surface area contributed by atoms with Gasteiger partial charge in [-0.15, -0.1) is 0 Å². The molecule has 0 aliphatic carbocycles. The second-order valence-corrected chi connectivity index (χ2v) is 7.44. The summed E-state index contributed by atoms with van der Waals surface area (Å²) in [5, 5.41) is 0.719. The van der Waals surface area contributed by atoms with E-state index in [-0.39, 0.29) is 17.5 Å². The van der Waals surface area contributed by atoms with Crippen LogP contribution in [0.3, 0.4) is 0 Å². The third-order valence-electron chi connectivity index (χ3n) is 5.38. The van der Waals surface area contributed by atoms with Gasteiger partial charge in [-0.05, 0) is 45.0 Å². The Morgan fingerprint density at radius 3 is 2.61 bits per heavy atom. The number of aromatic nitrogens is 4. The average molecular weight is 417 g/mol. The quantitative estimate of drug-likeness (QED) is 0.482. The lowest BCUT2D eigenvalue weighted by atomic mass is 9.97. The van der Waals surface area contributed by atoms with Crippen LogP contribution < -0.4 is 16.2 Å². The number of rotatable bonds is 5. The average Bonchev–Trinajstić information content (AvgIpc) is 3.09. The van der Waals surface area contributed by atoms with Crippen molar-refractivity contribution in [3.05, 3.63) is 70.2 Å². The molecule has 0 fully saturated rings. The topological polar surface area (TPSA) is 116 Å². The minimum atomic E-state index is -0.308. The molecule has 0 amide bonds. The molecule has 0 bridgehead atoms. The maximum absolute atomic E-state index is 12.9. The van der Waals surface area contributed by atoms with Crippen LogP contribution in [0.2, 0.25) is 0 Å². The summed E-state index contributed by atoms with van der Waals surface area (Å²) in [6.07, 6.45) is 3.31. The van der Waals surface area contributed by atoms with Gasteiger partial charge in [0.2, 0.25) is 0 Å². The van der Waals surface area contributed by atoms with E-state index in [1.54, 1.807) is 36.0 Å². The van der Waals surface area contributed by atoms with Gasteiger partial charge in [-0.2, -0.15) is 0 Å². The Morgan fingerprint density at radius 2 is 2.00 bits per heavy atom. The van der Waals surface area contributed by atoms with Gasteiger partial charge in [-0.1, -0.05) is 6.07 Å². The Hall–Kier alpha value is -3.94. The molecule has 4 aromatic rings. The Morgan fingerprint density at radius 1 is 1.23 bits per heavy atom. The number of nitrogens with zero attached hydrogens (tertiary/aromatic N) is 3. The lowest BCUT2D eigenvalue weighted by Crippen LogP contribution is -2.21. The van der Waals surface area contributed by atoms with Gasteiger partial charge in [0.15, 0.2) is 5.78 Å². The van der Waals surface area contributed by atoms with Gasteiger partial charge in [0.1, 0.15) is 5.75 Å². The molecule has 3 heterocycles. The first-order valence-electron chi connectivity index (χ1n) is 9.83. The molecule has 158 valence electrons. The van der Waals surface area contributed by atoms with E-state index in [4.69, 9.17) is 10.5 Å². The fourth-order valence-corrected chi connectivity index (χ4v) is 4.00. The van der Waals surface area contributed by atoms with Crippen LogP contribution in [-0.2, 0) is 4.79 Å². The number of aromatic amines is 1. The molecule has 0 radical (unpaired) electrons. The number of allylic oxidation sites excluding steroid dienone is 2. The number of carbonyl (C=O) groups is 1. The van der Waals surface area contributed by atoms with Crippen molar-refractivity contribution < 1.29 is 9.53 Å². The van der Waals surface area contributed by atoms with E-state index in [0.29, 0.717) is 39.1 Å². The Kier molecular flexibility index (Phi) is 5.06. The van der Waals surface area contributed by atoms with Crippen LogP contribution in [0.4, 0.5) is 0 Å². The van der Waals surface area contributed by atoms with Gasteiger partial charge in [0.05, 0.1) is 41.6 Å². The molecular weight excluding hydrogens is 394 g/mol. The molecule has 8 heteroatoms. The number of nitrogens with one attached hydrogen (secondary N) is 1. The highest BCUT2D eigenvalue weighted by Crippen LogP contribution is 2.35. The van der Waals surface area contributed by atoms with E-state index in [1.807, 2.05) is 25.1 Å². The highest BCUT2D eigenvalue weighted by atomic mass is 16.5. The maximum atomic E-state index is 12.9. The molecule has 0 saturated heterocycles. The van der Waals surface area contributed by atoms with Crippen molar-refractivity contribution in [1.29, 1.82) is 0 Å². The standard InChI is InChI=1S/C23H23N5O3/c1-12(24)21(14(3)29)16-9-18-15(10-20(16)31-4)22-19(11-26-18)27-23(30)28(22)13(2)17-7-5-6-8-25-17/h5-11,13H,24H2,1-4H3,(H,27,30)/t13-/m1/s1. The molecule has 1 aromatic carbocycles. The van der Waals surface area contributed by atoms with Gasteiger partial charge in [0, 0.05) is 28.4 Å². The molecule has 0 unspecified atom stereocenters. The number of ketones is 1. The molecule has 31 heavy (non-hydrogen) atoms.